The summed E-state index contributed by atoms with van der Waals surface area (Å²) in [6, 6.07) is 7.52. The fourth-order valence-corrected chi connectivity index (χ4v) is 2.35. The number of anilines is 2. The van der Waals surface area contributed by atoms with Gasteiger partial charge in [-0.2, -0.15) is 9.90 Å². The van der Waals surface area contributed by atoms with Gasteiger partial charge in [0.1, 0.15) is 6.54 Å². The van der Waals surface area contributed by atoms with E-state index in [2.05, 4.69) is 20.2 Å². The minimum atomic E-state index is -3.42. The summed E-state index contributed by atoms with van der Waals surface area (Å²) in [6.45, 7) is 1.90. The van der Waals surface area contributed by atoms with Crippen LogP contribution in [-0.4, -0.2) is 35.6 Å². The molecule has 118 valence electrons. The highest BCUT2D eigenvalue weighted by Crippen LogP contribution is 2.15. The van der Waals surface area contributed by atoms with E-state index < -0.39 is 10.0 Å². The number of aromatic nitrogens is 3. The first-order chi connectivity index (χ1) is 10.4. The molecule has 0 saturated carbocycles. The summed E-state index contributed by atoms with van der Waals surface area (Å²) in [4.78, 5) is 13.1. The van der Waals surface area contributed by atoms with Crippen LogP contribution in [0.4, 0.5) is 11.5 Å². The predicted octanol–water partition coefficient (Wildman–Crippen LogP) is 0.851. The monoisotopic (exact) mass is 323 g/mol. The minimum Gasteiger partial charge on any atom is -0.324 e. The van der Waals surface area contributed by atoms with Crippen LogP contribution in [0, 0.1) is 0 Å². The van der Waals surface area contributed by atoms with Crippen LogP contribution < -0.4 is 10.0 Å². The molecule has 2 N–H and O–H groups in total. The highest BCUT2D eigenvalue weighted by Gasteiger charge is 2.10. The number of nitrogens with zero attached hydrogens (tertiary/aromatic N) is 3. The number of carbonyl (C=O) groups excluding carboxylic acids is 1. The number of sulfonamides is 1. The molecule has 1 aromatic carbocycles. The van der Waals surface area contributed by atoms with Crippen molar-refractivity contribution in [3.8, 4) is 0 Å². The second-order valence-corrected chi connectivity index (χ2v) is 6.44. The standard InChI is InChI=1S/C13H17N5O3S/c1-3-10-6-4-5-7-11(10)15-13(19)9-18-14-8-12(16-18)17-22(2,20)21/h4-8H,3,9H2,1-2H3,(H,15,19)(H,16,17). The van der Waals surface area contributed by atoms with Gasteiger partial charge in [0.25, 0.3) is 0 Å². The largest absolute Gasteiger partial charge is 0.324 e. The van der Waals surface area contributed by atoms with E-state index in [0.717, 1.165) is 28.7 Å². The SMILES string of the molecule is CCc1ccccc1NC(=O)Cn1ncc(NS(C)(=O)=O)n1. The molecule has 0 spiro atoms. The fourth-order valence-electron chi connectivity index (χ4n) is 1.88. The molecule has 22 heavy (non-hydrogen) atoms. The van der Waals surface area contributed by atoms with Gasteiger partial charge < -0.3 is 5.32 Å². The number of amides is 1. The minimum absolute atomic E-state index is 0.0734. The Kier molecular flexibility index (Phi) is 4.76. The van der Waals surface area contributed by atoms with Gasteiger partial charge in [0, 0.05) is 5.69 Å². The zero-order chi connectivity index (χ0) is 16.2. The van der Waals surface area contributed by atoms with E-state index in [1.165, 1.54) is 6.20 Å². The Morgan fingerprint density at radius 1 is 1.32 bits per heavy atom. The van der Waals surface area contributed by atoms with Crippen molar-refractivity contribution in [2.45, 2.75) is 19.9 Å². The van der Waals surface area contributed by atoms with Crippen LogP contribution in [0.5, 0.6) is 0 Å². The molecule has 0 bridgehead atoms. The van der Waals surface area contributed by atoms with Gasteiger partial charge in [0.2, 0.25) is 15.9 Å². The Balaban J connectivity index is 2.00. The highest BCUT2D eigenvalue weighted by molar-refractivity contribution is 7.92. The quantitative estimate of drug-likeness (QED) is 0.820. The molecule has 0 radical (unpaired) electrons. The van der Waals surface area contributed by atoms with Crippen molar-refractivity contribution in [3.05, 3.63) is 36.0 Å². The number of hydrogen-bond donors (Lipinski definition) is 2. The van der Waals surface area contributed by atoms with Crippen LogP contribution in [0.2, 0.25) is 0 Å². The third-order valence-electron chi connectivity index (χ3n) is 2.78. The summed E-state index contributed by atoms with van der Waals surface area (Å²) in [5.74, 6) is -0.216. The molecular formula is C13H17N5O3S. The molecule has 0 saturated heterocycles. The summed E-state index contributed by atoms with van der Waals surface area (Å²) < 4.78 is 24.3. The third-order valence-corrected chi connectivity index (χ3v) is 3.36. The molecule has 2 aromatic rings. The molecular weight excluding hydrogens is 306 g/mol. The Labute approximate surface area is 128 Å². The molecule has 1 heterocycles. The molecule has 0 unspecified atom stereocenters. The lowest BCUT2D eigenvalue weighted by atomic mass is 10.1. The van der Waals surface area contributed by atoms with Crippen LogP contribution >= 0.6 is 0 Å². The zero-order valence-electron chi connectivity index (χ0n) is 12.3. The summed E-state index contributed by atoms with van der Waals surface area (Å²) in [5.41, 5.74) is 1.78. The second-order valence-electron chi connectivity index (χ2n) is 4.69. The molecule has 1 aromatic heterocycles. The fraction of sp³-hybridized carbons (Fsp3) is 0.308. The first-order valence-electron chi connectivity index (χ1n) is 6.63. The maximum atomic E-state index is 12.0. The van der Waals surface area contributed by atoms with Crippen molar-refractivity contribution in [2.24, 2.45) is 0 Å². The van der Waals surface area contributed by atoms with Gasteiger partial charge in [-0.15, -0.1) is 5.10 Å². The lowest BCUT2D eigenvalue weighted by molar-refractivity contribution is -0.117. The van der Waals surface area contributed by atoms with Gasteiger partial charge in [-0.1, -0.05) is 25.1 Å². The predicted molar refractivity (Wildman–Crippen MR) is 82.9 cm³/mol. The average molecular weight is 323 g/mol. The highest BCUT2D eigenvalue weighted by atomic mass is 32.2. The lowest BCUT2D eigenvalue weighted by Gasteiger charge is -2.09. The summed E-state index contributed by atoms with van der Waals surface area (Å²) >= 11 is 0. The van der Waals surface area contributed by atoms with Crippen LogP contribution in [0.1, 0.15) is 12.5 Å². The third kappa shape index (κ3) is 4.55. The molecule has 9 heteroatoms. The lowest BCUT2D eigenvalue weighted by Crippen LogP contribution is -2.21. The molecule has 1 amide bonds. The van der Waals surface area contributed by atoms with Crippen LogP contribution in [0.3, 0.4) is 0 Å². The first-order valence-corrected chi connectivity index (χ1v) is 8.52. The van der Waals surface area contributed by atoms with E-state index in [4.69, 9.17) is 0 Å². The maximum Gasteiger partial charge on any atom is 0.247 e. The van der Waals surface area contributed by atoms with E-state index >= 15 is 0 Å². The molecule has 0 aliphatic heterocycles. The normalized spacial score (nSPS) is 11.2. The molecule has 2 rings (SSSR count). The Bertz CT molecular complexity index is 769. The molecule has 0 aliphatic carbocycles. The van der Waals surface area contributed by atoms with Gasteiger partial charge in [0.05, 0.1) is 12.5 Å². The number of carbonyl (C=O) groups is 1. The number of rotatable bonds is 6. The first kappa shape index (κ1) is 16.0. The van der Waals surface area contributed by atoms with Crippen LogP contribution in [0.25, 0.3) is 0 Å². The molecule has 0 aliphatic rings. The Morgan fingerprint density at radius 2 is 2.05 bits per heavy atom. The van der Waals surface area contributed by atoms with Crippen LogP contribution in [0.15, 0.2) is 30.5 Å². The Morgan fingerprint density at radius 3 is 2.73 bits per heavy atom. The number of para-hydroxylation sites is 1. The van der Waals surface area contributed by atoms with Crippen molar-refractivity contribution in [3.63, 3.8) is 0 Å². The molecule has 8 nitrogen and oxygen atoms in total. The number of hydrogen-bond acceptors (Lipinski definition) is 5. The molecule has 0 atom stereocenters. The smallest absolute Gasteiger partial charge is 0.247 e. The van der Waals surface area contributed by atoms with Gasteiger partial charge in [-0.05, 0) is 18.1 Å². The van der Waals surface area contributed by atoms with Crippen molar-refractivity contribution >= 4 is 27.4 Å². The van der Waals surface area contributed by atoms with Crippen molar-refractivity contribution in [1.82, 2.24) is 15.0 Å². The average Bonchev–Trinajstić information content (AvgIpc) is 2.84. The van der Waals surface area contributed by atoms with Gasteiger partial charge >= 0.3 is 0 Å². The zero-order valence-corrected chi connectivity index (χ0v) is 13.1. The van der Waals surface area contributed by atoms with E-state index in [1.54, 1.807) is 0 Å². The number of nitrogens with one attached hydrogen (secondary N) is 2. The number of aryl methyl sites for hydroxylation is 1. The van der Waals surface area contributed by atoms with E-state index in [9.17, 15) is 13.2 Å². The van der Waals surface area contributed by atoms with Crippen molar-refractivity contribution in [1.29, 1.82) is 0 Å². The number of benzene rings is 1. The summed E-state index contributed by atoms with van der Waals surface area (Å²) in [5, 5.41) is 10.5. The van der Waals surface area contributed by atoms with Crippen molar-refractivity contribution in [2.75, 3.05) is 16.3 Å². The maximum absolute atomic E-state index is 12.0. The van der Waals surface area contributed by atoms with Gasteiger partial charge in [0.15, 0.2) is 5.82 Å². The van der Waals surface area contributed by atoms with Gasteiger partial charge in [-0.3, -0.25) is 9.52 Å². The topological polar surface area (TPSA) is 106 Å². The van der Waals surface area contributed by atoms with Gasteiger partial charge in [-0.25, -0.2) is 8.42 Å². The second kappa shape index (κ2) is 6.56. The summed E-state index contributed by atoms with van der Waals surface area (Å²) in [7, 11) is -3.42. The molecule has 0 fully saturated rings. The summed E-state index contributed by atoms with van der Waals surface area (Å²) in [6.07, 6.45) is 3.06. The van der Waals surface area contributed by atoms with E-state index in [1.807, 2.05) is 31.2 Å². The van der Waals surface area contributed by atoms with E-state index in [0.29, 0.717) is 0 Å². The van der Waals surface area contributed by atoms with E-state index in [-0.39, 0.29) is 18.3 Å². The van der Waals surface area contributed by atoms with Crippen molar-refractivity contribution < 1.29 is 13.2 Å². The van der Waals surface area contributed by atoms with Crippen LogP contribution in [-0.2, 0) is 27.8 Å². The Hall–Kier alpha value is -2.42.